The van der Waals surface area contributed by atoms with Gasteiger partial charge in [-0.05, 0) is 43.7 Å². The van der Waals surface area contributed by atoms with Crippen molar-refractivity contribution in [2.75, 3.05) is 6.54 Å². The second-order valence-electron chi connectivity index (χ2n) is 5.42. The van der Waals surface area contributed by atoms with Gasteiger partial charge < -0.3 is 4.90 Å². The van der Waals surface area contributed by atoms with Crippen LogP contribution in [-0.2, 0) is 11.2 Å². The molecule has 0 N–H and O–H groups in total. The van der Waals surface area contributed by atoms with E-state index in [-0.39, 0.29) is 5.91 Å². The second-order valence-corrected chi connectivity index (χ2v) is 5.42. The number of nitrogens with zero attached hydrogens (tertiary/aromatic N) is 2. The second kappa shape index (κ2) is 7.09. The first-order valence-electron chi connectivity index (χ1n) is 7.35. The summed E-state index contributed by atoms with van der Waals surface area (Å²) in [4.78, 5) is 18.5. The van der Waals surface area contributed by atoms with Crippen LogP contribution in [0, 0.1) is 17.8 Å². The fourth-order valence-corrected chi connectivity index (χ4v) is 2.97. The molecule has 106 valence electrons. The third-order valence-corrected chi connectivity index (χ3v) is 4.04. The molecule has 0 spiro atoms. The van der Waals surface area contributed by atoms with Crippen molar-refractivity contribution < 1.29 is 4.79 Å². The fourth-order valence-electron chi connectivity index (χ4n) is 2.97. The summed E-state index contributed by atoms with van der Waals surface area (Å²) >= 11 is 0. The van der Waals surface area contributed by atoms with Crippen LogP contribution in [0.25, 0.3) is 0 Å². The van der Waals surface area contributed by atoms with E-state index in [0.717, 1.165) is 18.5 Å². The predicted molar refractivity (Wildman–Crippen MR) is 79.9 cm³/mol. The van der Waals surface area contributed by atoms with Crippen molar-refractivity contribution in [1.29, 1.82) is 0 Å². The van der Waals surface area contributed by atoms with E-state index in [2.05, 4.69) is 23.7 Å². The van der Waals surface area contributed by atoms with Gasteiger partial charge in [0.05, 0.1) is 0 Å². The Morgan fingerprint density at radius 3 is 2.90 bits per heavy atom. The van der Waals surface area contributed by atoms with E-state index in [1.54, 1.807) is 13.1 Å². The van der Waals surface area contributed by atoms with Crippen molar-refractivity contribution in [2.45, 2.75) is 45.6 Å². The Morgan fingerprint density at radius 1 is 1.45 bits per heavy atom. The minimum absolute atomic E-state index is 0.0396. The Kier molecular flexibility index (Phi) is 5.17. The Balaban J connectivity index is 2.06. The third-order valence-electron chi connectivity index (χ3n) is 4.04. The zero-order valence-electron chi connectivity index (χ0n) is 12.3. The van der Waals surface area contributed by atoms with Gasteiger partial charge in [0.2, 0.25) is 0 Å². The summed E-state index contributed by atoms with van der Waals surface area (Å²) in [7, 11) is 0. The van der Waals surface area contributed by atoms with E-state index >= 15 is 0 Å². The van der Waals surface area contributed by atoms with Crippen molar-refractivity contribution in [3.05, 3.63) is 30.1 Å². The molecule has 0 aromatic carbocycles. The first kappa shape index (κ1) is 14.6. The molecule has 20 heavy (non-hydrogen) atoms. The normalized spacial score (nSPS) is 21.1. The lowest BCUT2D eigenvalue weighted by atomic mass is 10.0. The average Bonchev–Trinajstić information content (AvgIpc) is 2.87. The lowest BCUT2D eigenvalue weighted by Gasteiger charge is -2.30. The molecule has 1 aromatic rings. The van der Waals surface area contributed by atoms with Crippen LogP contribution in [0.3, 0.4) is 0 Å². The minimum atomic E-state index is -0.0396. The molecule has 1 amide bonds. The number of carbonyl (C=O) groups excluding carboxylic acids is 1. The number of rotatable bonds is 4. The number of hydrogen-bond acceptors (Lipinski definition) is 2. The molecule has 0 bridgehead atoms. The van der Waals surface area contributed by atoms with Gasteiger partial charge in [-0.25, -0.2) is 0 Å². The molecule has 0 radical (unpaired) electrons. The van der Waals surface area contributed by atoms with Crippen LogP contribution in [0.15, 0.2) is 24.4 Å². The molecule has 2 atom stereocenters. The summed E-state index contributed by atoms with van der Waals surface area (Å²) < 4.78 is 0. The zero-order valence-corrected chi connectivity index (χ0v) is 12.3. The van der Waals surface area contributed by atoms with Crippen LogP contribution in [-0.4, -0.2) is 28.4 Å². The molecule has 3 heteroatoms. The summed E-state index contributed by atoms with van der Waals surface area (Å²) in [6, 6.07) is 6.24. The molecule has 1 heterocycles. The van der Waals surface area contributed by atoms with E-state index in [4.69, 9.17) is 0 Å². The number of amides is 1. The van der Waals surface area contributed by atoms with Crippen LogP contribution in [0.5, 0.6) is 0 Å². The maximum absolute atomic E-state index is 12.2. The Labute approximate surface area is 121 Å². The number of pyridine rings is 1. The van der Waals surface area contributed by atoms with Gasteiger partial charge in [-0.15, -0.1) is 0 Å². The summed E-state index contributed by atoms with van der Waals surface area (Å²) in [6.45, 7) is 4.66. The molecule has 1 aromatic heterocycles. The highest BCUT2D eigenvalue weighted by Gasteiger charge is 2.31. The van der Waals surface area contributed by atoms with Crippen molar-refractivity contribution in [1.82, 2.24) is 9.88 Å². The van der Waals surface area contributed by atoms with Crippen LogP contribution < -0.4 is 0 Å². The Morgan fingerprint density at radius 2 is 2.30 bits per heavy atom. The molecular formula is C17H22N2O. The van der Waals surface area contributed by atoms with Gasteiger partial charge >= 0.3 is 0 Å². The number of aromatic nitrogens is 1. The van der Waals surface area contributed by atoms with Crippen LogP contribution in [0.1, 0.15) is 38.8 Å². The summed E-state index contributed by atoms with van der Waals surface area (Å²) in [5, 5.41) is 0. The monoisotopic (exact) mass is 270 g/mol. The topological polar surface area (TPSA) is 33.2 Å². The van der Waals surface area contributed by atoms with E-state index in [9.17, 15) is 4.79 Å². The van der Waals surface area contributed by atoms with E-state index in [1.807, 2.05) is 23.1 Å². The molecule has 1 fully saturated rings. The highest BCUT2D eigenvalue weighted by atomic mass is 16.2. The molecular weight excluding hydrogens is 248 g/mol. The molecule has 0 aliphatic heterocycles. The van der Waals surface area contributed by atoms with Gasteiger partial charge in [-0.2, -0.15) is 0 Å². The maximum atomic E-state index is 12.2. The lowest BCUT2D eigenvalue weighted by Crippen LogP contribution is -2.42. The smallest absolute Gasteiger partial charge is 0.298 e. The van der Waals surface area contributed by atoms with Crippen LogP contribution >= 0.6 is 0 Å². The van der Waals surface area contributed by atoms with E-state index < -0.39 is 0 Å². The van der Waals surface area contributed by atoms with Gasteiger partial charge in [-0.3, -0.25) is 9.78 Å². The Hall–Kier alpha value is -1.82. The van der Waals surface area contributed by atoms with Gasteiger partial charge in [0.25, 0.3) is 5.91 Å². The summed E-state index contributed by atoms with van der Waals surface area (Å²) in [5.41, 5.74) is 1.03. The number of hydrogen-bond donors (Lipinski definition) is 0. The van der Waals surface area contributed by atoms with E-state index in [0.29, 0.717) is 18.5 Å². The van der Waals surface area contributed by atoms with Gasteiger partial charge in [0.1, 0.15) is 0 Å². The van der Waals surface area contributed by atoms with Crippen molar-refractivity contribution >= 4 is 5.91 Å². The van der Waals surface area contributed by atoms with Gasteiger partial charge in [0.15, 0.2) is 0 Å². The number of carbonyl (C=O) groups is 1. The molecule has 0 saturated heterocycles. The molecule has 1 aliphatic rings. The van der Waals surface area contributed by atoms with Crippen molar-refractivity contribution in [2.24, 2.45) is 5.92 Å². The van der Waals surface area contributed by atoms with Crippen molar-refractivity contribution in [3.63, 3.8) is 0 Å². The minimum Gasteiger partial charge on any atom is -0.328 e. The molecule has 1 aliphatic carbocycles. The highest BCUT2D eigenvalue weighted by molar-refractivity contribution is 5.93. The molecule has 2 rings (SSSR count). The zero-order chi connectivity index (χ0) is 14.4. The molecule has 1 saturated carbocycles. The molecule has 3 nitrogen and oxygen atoms in total. The van der Waals surface area contributed by atoms with Crippen LogP contribution in [0.2, 0.25) is 0 Å². The first-order chi connectivity index (χ1) is 9.72. The quantitative estimate of drug-likeness (QED) is 0.788. The SMILES string of the molecule is CC#CC(=O)N(CCc1ccccn1)C1CCCC1C. The fraction of sp³-hybridized carbons (Fsp3) is 0.529. The van der Waals surface area contributed by atoms with E-state index in [1.165, 1.54) is 12.8 Å². The Bertz CT molecular complexity index is 501. The lowest BCUT2D eigenvalue weighted by molar-refractivity contribution is -0.127. The van der Waals surface area contributed by atoms with Crippen LogP contribution in [0.4, 0.5) is 0 Å². The third kappa shape index (κ3) is 3.60. The standard InChI is InChI=1S/C17H22N2O/c1-3-7-17(20)19(16-10-6-8-14(16)2)13-11-15-9-4-5-12-18-15/h4-5,9,12,14,16H,6,8,10-11,13H2,1-2H3. The highest BCUT2D eigenvalue weighted by Crippen LogP contribution is 2.29. The molecule has 2 unspecified atom stereocenters. The summed E-state index contributed by atoms with van der Waals surface area (Å²) in [6.07, 6.45) is 6.10. The first-order valence-corrected chi connectivity index (χ1v) is 7.35. The maximum Gasteiger partial charge on any atom is 0.298 e. The predicted octanol–water partition coefficient (Wildman–Crippen LogP) is 2.66. The van der Waals surface area contributed by atoms with Gasteiger partial charge in [-0.1, -0.05) is 25.3 Å². The van der Waals surface area contributed by atoms with Gasteiger partial charge in [0, 0.05) is 30.9 Å². The largest absolute Gasteiger partial charge is 0.328 e. The summed E-state index contributed by atoms with van der Waals surface area (Å²) in [5.74, 6) is 5.95. The van der Waals surface area contributed by atoms with Crippen molar-refractivity contribution in [3.8, 4) is 11.8 Å². The average molecular weight is 270 g/mol.